The summed E-state index contributed by atoms with van der Waals surface area (Å²) in [7, 11) is -4.33. The molecule has 0 fully saturated rings. The number of sulfonamides is 1. The zero-order valence-corrected chi connectivity index (χ0v) is 12.1. The lowest BCUT2D eigenvalue weighted by atomic mass is 10.2. The lowest BCUT2D eigenvalue weighted by Crippen LogP contribution is -2.17. The van der Waals surface area contributed by atoms with Crippen molar-refractivity contribution in [2.45, 2.75) is 24.9 Å². The Morgan fingerprint density at radius 1 is 1.23 bits per heavy atom. The highest BCUT2D eigenvalue weighted by atomic mass is 32.2. The van der Waals surface area contributed by atoms with E-state index in [0.29, 0.717) is 6.07 Å². The predicted molar refractivity (Wildman–Crippen MR) is 68.2 cm³/mol. The van der Waals surface area contributed by atoms with E-state index in [9.17, 15) is 26.0 Å². The number of hydrogen-bond acceptors (Lipinski definition) is 4. The van der Waals surface area contributed by atoms with Crippen molar-refractivity contribution < 1.29 is 30.5 Å². The highest BCUT2D eigenvalue weighted by Crippen LogP contribution is 2.34. The lowest BCUT2D eigenvalue weighted by molar-refractivity contribution is -0.139. The molecule has 0 saturated carbocycles. The second-order valence-electron chi connectivity index (χ2n) is 4.42. The van der Waals surface area contributed by atoms with E-state index in [-0.39, 0.29) is 16.3 Å². The largest absolute Gasteiger partial charge is 0.419 e. The van der Waals surface area contributed by atoms with Crippen molar-refractivity contribution in [2.75, 3.05) is 4.72 Å². The third-order valence-corrected chi connectivity index (χ3v) is 4.39. The average molecular weight is 338 g/mol. The lowest BCUT2D eigenvalue weighted by Gasteiger charge is -2.12. The molecule has 1 aromatic carbocycles. The van der Waals surface area contributed by atoms with Gasteiger partial charge in [0, 0.05) is 0 Å². The number of aromatic nitrogens is 1. The van der Waals surface area contributed by atoms with Crippen LogP contribution in [0.3, 0.4) is 0 Å². The molecule has 120 valence electrons. The zero-order chi connectivity index (χ0) is 16.7. The summed E-state index contributed by atoms with van der Waals surface area (Å²) in [5.41, 5.74) is -2.36. The Bertz CT molecular complexity index is 793. The minimum Gasteiger partial charge on any atom is -0.360 e. The molecule has 2 rings (SSSR count). The maximum atomic E-state index is 13.9. The molecule has 10 heteroatoms. The fraction of sp³-hybridized carbons (Fsp3) is 0.250. The number of alkyl halides is 3. The second-order valence-corrected chi connectivity index (χ2v) is 6.04. The van der Waals surface area contributed by atoms with Crippen LogP contribution in [0.15, 0.2) is 27.6 Å². The maximum absolute atomic E-state index is 13.9. The minimum absolute atomic E-state index is 0.0115. The van der Waals surface area contributed by atoms with Gasteiger partial charge in [0.2, 0.25) is 0 Å². The molecule has 22 heavy (non-hydrogen) atoms. The van der Waals surface area contributed by atoms with Crippen molar-refractivity contribution in [3.05, 3.63) is 41.0 Å². The Hall–Kier alpha value is -2.10. The van der Waals surface area contributed by atoms with Gasteiger partial charge in [-0.25, -0.2) is 12.8 Å². The topological polar surface area (TPSA) is 72.2 Å². The first kappa shape index (κ1) is 16.3. The normalized spacial score (nSPS) is 12.5. The van der Waals surface area contributed by atoms with Crippen LogP contribution in [0.1, 0.15) is 17.0 Å². The molecule has 0 aliphatic heterocycles. The summed E-state index contributed by atoms with van der Waals surface area (Å²) in [4.78, 5) is -0.343. The molecule has 0 aliphatic carbocycles. The molecule has 1 N–H and O–H groups in total. The number of anilines is 1. The Balaban J connectivity index is 2.48. The van der Waals surface area contributed by atoms with Gasteiger partial charge >= 0.3 is 6.18 Å². The Morgan fingerprint density at radius 2 is 1.86 bits per heavy atom. The summed E-state index contributed by atoms with van der Waals surface area (Å²) in [5, 5.41) is 3.44. The van der Waals surface area contributed by atoms with Crippen molar-refractivity contribution in [3.63, 3.8) is 0 Å². The van der Waals surface area contributed by atoms with Gasteiger partial charge in [-0.2, -0.15) is 13.2 Å². The van der Waals surface area contributed by atoms with Gasteiger partial charge < -0.3 is 4.52 Å². The van der Waals surface area contributed by atoms with Crippen LogP contribution >= 0.6 is 0 Å². The Kier molecular flexibility index (Phi) is 3.90. The molecular weight excluding hydrogens is 328 g/mol. The molecule has 5 nitrogen and oxygen atoms in total. The van der Waals surface area contributed by atoms with Crippen LogP contribution in [0.5, 0.6) is 0 Å². The number of hydrogen-bond donors (Lipinski definition) is 1. The minimum atomic E-state index is -4.94. The first-order valence-corrected chi connectivity index (χ1v) is 7.33. The number of rotatable bonds is 3. The van der Waals surface area contributed by atoms with E-state index < -0.39 is 33.3 Å². The maximum Gasteiger partial charge on any atom is 0.419 e. The molecule has 0 amide bonds. The molecule has 1 aromatic heterocycles. The van der Waals surface area contributed by atoms with Crippen LogP contribution in [-0.4, -0.2) is 13.6 Å². The van der Waals surface area contributed by atoms with Crippen LogP contribution in [0, 0.1) is 19.7 Å². The van der Waals surface area contributed by atoms with Gasteiger partial charge in [0.05, 0.1) is 11.3 Å². The highest BCUT2D eigenvalue weighted by molar-refractivity contribution is 7.92. The molecule has 1 heterocycles. The van der Waals surface area contributed by atoms with Crippen molar-refractivity contribution in [1.82, 2.24) is 5.16 Å². The van der Waals surface area contributed by atoms with E-state index in [4.69, 9.17) is 0 Å². The Labute approximate surface area is 123 Å². The molecule has 0 unspecified atom stereocenters. The molecule has 0 radical (unpaired) electrons. The fourth-order valence-electron chi connectivity index (χ4n) is 1.88. The molecule has 0 atom stereocenters. The van der Waals surface area contributed by atoms with Crippen molar-refractivity contribution in [3.8, 4) is 0 Å². The van der Waals surface area contributed by atoms with Gasteiger partial charge in [0.1, 0.15) is 5.69 Å². The third kappa shape index (κ3) is 2.91. The number of benzene rings is 1. The van der Waals surface area contributed by atoms with Crippen molar-refractivity contribution in [2.24, 2.45) is 0 Å². The highest BCUT2D eigenvalue weighted by Gasteiger charge is 2.35. The Morgan fingerprint density at radius 3 is 2.36 bits per heavy atom. The van der Waals surface area contributed by atoms with Gasteiger partial charge in [0.15, 0.2) is 16.5 Å². The SMILES string of the molecule is Cc1noc(C)c1S(=O)(=O)Nc1cccc(C(F)(F)F)c1F. The molecule has 0 aliphatic rings. The van der Waals surface area contributed by atoms with Gasteiger partial charge in [-0.15, -0.1) is 0 Å². The van der Waals surface area contributed by atoms with Crippen LogP contribution < -0.4 is 4.72 Å². The first-order valence-electron chi connectivity index (χ1n) is 5.85. The van der Waals surface area contributed by atoms with E-state index in [1.54, 1.807) is 4.72 Å². The van der Waals surface area contributed by atoms with Crippen LogP contribution in [0.4, 0.5) is 23.2 Å². The average Bonchev–Trinajstić information content (AvgIpc) is 2.70. The number of nitrogens with one attached hydrogen (secondary N) is 1. The summed E-state index contributed by atoms with van der Waals surface area (Å²) < 4.78 is 82.5. The number of halogens is 4. The van der Waals surface area contributed by atoms with Gasteiger partial charge in [-0.3, -0.25) is 4.72 Å². The van der Waals surface area contributed by atoms with E-state index in [0.717, 1.165) is 12.1 Å². The van der Waals surface area contributed by atoms with Crippen molar-refractivity contribution >= 4 is 15.7 Å². The van der Waals surface area contributed by atoms with Crippen LogP contribution in [0.2, 0.25) is 0 Å². The molecule has 0 spiro atoms. The van der Waals surface area contributed by atoms with Crippen LogP contribution in [-0.2, 0) is 16.2 Å². The quantitative estimate of drug-likeness (QED) is 0.872. The monoisotopic (exact) mass is 338 g/mol. The summed E-state index contributed by atoms with van der Waals surface area (Å²) in [5.74, 6) is -1.76. The summed E-state index contributed by atoms with van der Waals surface area (Å²) in [6.45, 7) is 2.66. The summed E-state index contributed by atoms with van der Waals surface area (Å²) in [6.07, 6.45) is -4.94. The fourth-order valence-corrected chi connectivity index (χ4v) is 3.27. The molecular formula is C12H10F4N2O3S. The van der Waals surface area contributed by atoms with Gasteiger partial charge in [0.25, 0.3) is 10.0 Å². The van der Waals surface area contributed by atoms with E-state index in [1.807, 2.05) is 0 Å². The van der Waals surface area contributed by atoms with Gasteiger partial charge in [-0.05, 0) is 26.0 Å². The summed E-state index contributed by atoms with van der Waals surface area (Å²) in [6, 6.07) is 2.31. The second kappa shape index (κ2) is 5.27. The standard InChI is InChI=1S/C12H10F4N2O3S/c1-6-11(7(2)21-17-6)22(19,20)18-9-5-3-4-8(10(9)13)12(14,15)16/h3-5,18H,1-2H3. The predicted octanol–water partition coefficient (Wildman–Crippen LogP) is 3.25. The number of aryl methyl sites for hydroxylation is 2. The van der Waals surface area contributed by atoms with E-state index in [1.165, 1.54) is 13.8 Å². The molecule has 0 saturated heterocycles. The summed E-state index contributed by atoms with van der Waals surface area (Å²) >= 11 is 0. The molecule has 2 aromatic rings. The third-order valence-electron chi connectivity index (χ3n) is 2.79. The number of nitrogens with zero attached hydrogens (tertiary/aromatic N) is 1. The van der Waals surface area contributed by atoms with Crippen molar-refractivity contribution in [1.29, 1.82) is 0 Å². The van der Waals surface area contributed by atoms with E-state index >= 15 is 0 Å². The zero-order valence-electron chi connectivity index (χ0n) is 11.3. The smallest absolute Gasteiger partial charge is 0.360 e. The molecule has 0 bridgehead atoms. The van der Waals surface area contributed by atoms with Gasteiger partial charge in [-0.1, -0.05) is 11.2 Å². The van der Waals surface area contributed by atoms with Crippen LogP contribution in [0.25, 0.3) is 0 Å². The van der Waals surface area contributed by atoms with E-state index in [2.05, 4.69) is 9.68 Å². The first-order chi connectivity index (χ1) is 10.0.